The largest absolute Gasteiger partial charge is 0.380 e. The van der Waals surface area contributed by atoms with Gasteiger partial charge < -0.3 is 14.5 Å². The van der Waals surface area contributed by atoms with Crippen molar-refractivity contribution in [2.24, 2.45) is 0 Å². The summed E-state index contributed by atoms with van der Waals surface area (Å²) in [5, 5.41) is 0.523. The average molecular weight is 336 g/mol. The van der Waals surface area contributed by atoms with Gasteiger partial charge in [0.2, 0.25) is 0 Å². The predicted molar refractivity (Wildman–Crippen MR) is 90.5 cm³/mol. The van der Waals surface area contributed by atoms with E-state index in [1.54, 1.807) is 13.2 Å². The van der Waals surface area contributed by atoms with Crippen molar-refractivity contribution >= 4 is 27.3 Å². The van der Waals surface area contributed by atoms with Crippen LogP contribution in [0.4, 0.5) is 4.39 Å². The van der Waals surface area contributed by atoms with Gasteiger partial charge in [-0.3, -0.25) is 4.79 Å². The van der Waals surface area contributed by atoms with Crippen molar-refractivity contribution < 1.29 is 13.9 Å². The van der Waals surface area contributed by atoms with E-state index in [1.807, 2.05) is 11.0 Å². The molecule has 0 bridgehead atoms. The second-order valence-electron chi connectivity index (χ2n) is 5.90. The normalized spacial score (nSPS) is 16.7. The first-order valence-electron chi connectivity index (χ1n) is 7.78. The SMILES string of the molecule is COCc1c(C(=O)N2CCCN(C)CC2)sc2cccc(F)c12. The Balaban J connectivity index is 1.99. The minimum absolute atomic E-state index is 0.00653. The monoisotopic (exact) mass is 336 g/mol. The molecular formula is C17H21FN2O2S. The van der Waals surface area contributed by atoms with Crippen LogP contribution in [0.2, 0.25) is 0 Å². The van der Waals surface area contributed by atoms with E-state index < -0.39 is 0 Å². The summed E-state index contributed by atoms with van der Waals surface area (Å²) in [4.78, 5) is 17.7. The van der Waals surface area contributed by atoms with Crippen molar-refractivity contribution in [3.63, 3.8) is 0 Å². The fourth-order valence-corrected chi connectivity index (χ4v) is 4.21. The van der Waals surface area contributed by atoms with E-state index in [2.05, 4.69) is 11.9 Å². The van der Waals surface area contributed by atoms with Gasteiger partial charge in [0.05, 0.1) is 11.5 Å². The smallest absolute Gasteiger partial charge is 0.264 e. The summed E-state index contributed by atoms with van der Waals surface area (Å²) in [6, 6.07) is 4.97. The standard InChI is InChI=1S/C17H21FN2O2S/c1-19-7-4-8-20(10-9-19)17(21)16-12(11-22-2)15-13(18)5-3-6-14(15)23-16/h3,5-6H,4,7-11H2,1-2H3. The van der Waals surface area contributed by atoms with Crippen LogP contribution in [0, 0.1) is 5.82 Å². The number of hydrogen-bond donors (Lipinski definition) is 0. The summed E-state index contributed by atoms with van der Waals surface area (Å²) >= 11 is 1.36. The summed E-state index contributed by atoms with van der Waals surface area (Å²) in [6.07, 6.45) is 0.959. The highest BCUT2D eigenvalue weighted by Gasteiger charge is 2.25. The number of ether oxygens (including phenoxy) is 1. The first-order valence-corrected chi connectivity index (χ1v) is 8.60. The fourth-order valence-electron chi connectivity index (χ4n) is 3.02. The van der Waals surface area contributed by atoms with Gasteiger partial charge in [0, 0.05) is 42.4 Å². The van der Waals surface area contributed by atoms with Crippen LogP contribution in [0.3, 0.4) is 0 Å². The molecule has 2 heterocycles. The molecule has 0 N–H and O–H groups in total. The van der Waals surface area contributed by atoms with Crippen LogP contribution in [-0.2, 0) is 11.3 Å². The van der Waals surface area contributed by atoms with E-state index in [-0.39, 0.29) is 18.3 Å². The second kappa shape index (κ2) is 6.95. The van der Waals surface area contributed by atoms with E-state index in [0.717, 1.165) is 30.8 Å². The van der Waals surface area contributed by atoms with Crippen molar-refractivity contribution in [2.75, 3.05) is 40.3 Å². The molecule has 0 aliphatic carbocycles. The molecule has 0 unspecified atom stereocenters. The Morgan fingerprint density at radius 1 is 1.30 bits per heavy atom. The quantitative estimate of drug-likeness (QED) is 0.864. The van der Waals surface area contributed by atoms with E-state index in [9.17, 15) is 9.18 Å². The highest BCUT2D eigenvalue weighted by Crippen LogP contribution is 2.34. The number of halogens is 1. The molecule has 1 aliphatic rings. The van der Waals surface area contributed by atoms with Crippen LogP contribution in [-0.4, -0.2) is 56.0 Å². The third-order valence-electron chi connectivity index (χ3n) is 4.25. The topological polar surface area (TPSA) is 32.8 Å². The lowest BCUT2D eigenvalue weighted by atomic mass is 10.1. The van der Waals surface area contributed by atoms with Crippen LogP contribution in [0.15, 0.2) is 18.2 Å². The Kier molecular flexibility index (Phi) is 4.94. The molecule has 4 nitrogen and oxygen atoms in total. The minimum atomic E-state index is -0.291. The van der Waals surface area contributed by atoms with Crippen LogP contribution in [0.1, 0.15) is 21.7 Å². The Labute approximate surface area is 139 Å². The molecule has 1 saturated heterocycles. The van der Waals surface area contributed by atoms with Gasteiger partial charge in [-0.05, 0) is 32.1 Å². The number of benzene rings is 1. The van der Waals surface area contributed by atoms with Gasteiger partial charge in [-0.15, -0.1) is 11.3 Å². The predicted octanol–water partition coefficient (Wildman–Crippen LogP) is 2.96. The van der Waals surface area contributed by atoms with Gasteiger partial charge in [-0.2, -0.15) is 0 Å². The third-order valence-corrected chi connectivity index (χ3v) is 5.44. The molecule has 1 aliphatic heterocycles. The Morgan fingerprint density at radius 3 is 2.91 bits per heavy atom. The van der Waals surface area contributed by atoms with Crippen molar-refractivity contribution in [1.29, 1.82) is 0 Å². The maximum absolute atomic E-state index is 14.2. The zero-order valence-electron chi connectivity index (χ0n) is 13.5. The van der Waals surface area contributed by atoms with Gasteiger partial charge in [-0.25, -0.2) is 4.39 Å². The molecule has 6 heteroatoms. The molecule has 3 rings (SSSR count). The molecule has 124 valence electrons. The van der Waals surface area contributed by atoms with Crippen molar-refractivity contribution in [2.45, 2.75) is 13.0 Å². The molecule has 0 saturated carbocycles. The van der Waals surface area contributed by atoms with E-state index in [4.69, 9.17) is 4.74 Å². The highest BCUT2D eigenvalue weighted by atomic mass is 32.1. The molecular weight excluding hydrogens is 315 g/mol. The Hall–Kier alpha value is -1.50. The molecule has 0 radical (unpaired) electrons. The van der Waals surface area contributed by atoms with Crippen LogP contribution in [0.5, 0.6) is 0 Å². The third kappa shape index (κ3) is 3.24. The number of likely N-dealkylation sites (N-methyl/N-ethyl adjacent to an activating group) is 1. The zero-order valence-corrected chi connectivity index (χ0v) is 14.3. The Bertz CT molecular complexity index is 716. The number of fused-ring (bicyclic) bond motifs is 1. The number of hydrogen-bond acceptors (Lipinski definition) is 4. The molecule has 2 aromatic rings. The van der Waals surface area contributed by atoms with Gasteiger partial charge in [0.1, 0.15) is 5.82 Å². The lowest BCUT2D eigenvalue weighted by Gasteiger charge is -2.20. The summed E-state index contributed by atoms with van der Waals surface area (Å²) in [5.41, 5.74) is 0.674. The molecule has 1 aromatic carbocycles. The van der Waals surface area contributed by atoms with E-state index in [0.29, 0.717) is 22.4 Å². The van der Waals surface area contributed by atoms with Gasteiger partial charge in [0.25, 0.3) is 5.91 Å². The zero-order chi connectivity index (χ0) is 16.4. The van der Waals surface area contributed by atoms with Gasteiger partial charge in [0.15, 0.2) is 0 Å². The van der Waals surface area contributed by atoms with Crippen molar-refractivity contribution in [1.82, 2.24) is 9.80 Å². The lowest BCUT2D eigenvalue weighted by Crippen LogP contribution is -2.34. The van der Waals surface area contributed by atoms with Crippen molar-refractivity contribution in [3.8, 4) is 0 Å². The number of amides is 1. The maximum Gasteiger partial charge on any atom is 0.264 e. The number of methoxy groups -OCH3 is 1. The maximum atomic E-state index is 14.2. The molecule has 1 fully saturated rings. The van der Waals surface area contributed by atoms with Gasteiger partial charge in [-0.1, -0.05) is 6.07 Å². The van der Waals surface area contributed by atoms with Crippen LogP contribution in [0.25, 0.3) is 10.1 Å². The number of carbonyl (C=O) groups excluding carboxylic acids is 1. The molecule has 1 amide bonds. The number of nitrogens with zero attached hydrogens (tertiary/aromatic N) is 2. The average Bonchev–Trinajstić information content (AvgIpc) is 2.76. The summed E-state index contributed by atoms with van der Waals surface area (Å²) in [5.74, 6) is -0.298. The highest BCUT2D eigenvalue weighted by molar-refractivity contribution is 7.21. The van der Waals surface area contributed by atoms with Gasteiger partial charge >= 0.3 is 0 Å². The van der Waals surface area contributed by atoms with Crippen LogP contribution < -0.4 is 0 Å². The summed E-state index contributed by atoms with van der Waals surface area (Å²) in [6.45, 7) is 3.56. The number of carbonyl (C=O) groups is 1. The Morgan fingerprint density at radius 2 is 2.13 bits per heavy atom. The minimum Gasteiger partial charge on any atom is -0.380 e. The lowest BCUT2D eigenvalue weighted by molar-refractivity contribution is 0.0763. The number of thiophene rings is 1. The molecule has 23 heavy (non-hydrogen) atoms. The second-order valence-corrected chi connectivity index (χ2v) is 6.96. The first-order chi connectivity index (χ1) is 11.1. The van der Waals surface area contributed by atoms with E-state index in [1.165, 1.54) is 17.4 Å². The molecule has 0 spiro atoms. The summed E-state index contributed by atoms with van der Waals surface area (Å²) < 4.78 is 20.3. The van der Waals surface area contributed by atoms with E-state index >= 15 is 0 Å². The molecule has 1 aromatic heterocycles. The van der Waals surface area contributed by atoms with Crippen molar-refractivity contribution in [3.05, 3.63) is 34.5 Å². The van der Waals surface area contributed by atoms with Crippen LogP contribution >= 0.6 is 11.3 Å². The fraction of sp³-hybridized carbons (Fsp3) is 0.471. The summed E-state index contributed by atoms with van der Waals surface area (Å²) in [7, 11) is 3.64. The number of rotatable bonds is 3. The first kappa shape index (κ1) is 16.4. The molecule has 0 atom stereocenters.